The summed E-state index contributed by atoms with van der Waals surface area (Å²) >= 11 is 0. The number of hydrogen-bond donors (Lipinski definition) is 0. The molecular formula is C28H40N2O8S2Si. The largest absolute Gasteiger partial charge is 0.377 e. The van der Waals surface area contributed by atoms with E-state index in [9.17, 15) is 16.8 Å². The Morgan fingerprint density at radius 2 is 1.66 bits per heavy atom. The summed E-state index contributed by atoms with van der Waals surface area (Å²) in [6, 6.07) is 12.8. The standard InChI is InChI=1S/C28H40N2O8S2Si/c1-8-35-19-24-17-23(18-37-39(4,31)32)13-14-25(24)26-11-9-10-12-27(26)40(33,34)30(20-36-15-16-41(5,6)7)28-21(2)22(3)29-38-28/h9-14,17H,8,15-16,18-20H2,1-7H3. The number of anilines is 1. The Bertz CT molecular complexity index is 1550. The molecule has 0 bridgehead atoms. The van der Waals surface area contributed by atoms with Gasteiger partial charge in [0, 0.05) is 32.4 Å². The van der Waals surface area contributed by atoms with Crippen LogP contribution in [0.25, 0.3) is 11.1 Å². The summed E-state index contributed by atoms with van der Waals surface area (Å²) in [6.45, 7) is 12.7. The van der Waals surface area contributed by atoms with Gasteiger partial charge < -0.3 is 14.0 Å². The molecule has 3 rings (SSSR count). The fraction of sp³-hybridized carbons (Fsp3) is 0.464. The predicted octanol–water partition coefficient (Wildman–Crippen LogP) is 5.48. The second-order valence-electron chi connectivity index (χ2n) is 11.0. The maximum Gasteiger partial charge on any atom is 0.269 e. The van der Waals surface area contributed by atoms with Crippen molar-refractivity contribution in [2.24, 2.45) is 0 Å². The minimum Gasteiger partial charge on any atom is -0.377 e. The molecule has 0 aliphatic carbocycles. The van der Waals surface area contributed by atoms with E-state index in [1.165, 1.54) is 0 Å². The van der Waals surface area contributed by atoms with Gasteiger partial charge in [0.15, 0.2) is 0 Å². The van der Waals surface area contributed by atoms with E-state index in [4.69, 9.17) is 18.2 Å². The summed E-state index contributed by atoms with van der Waals surface area (Å²) in [6.07, 6.45) is 0.988. The summed E-state index contributed by atoms with van der Waals surface area (Å²) in [5.41, 5.74) is 3.58. The third kappa shape index (κ3) is 8.96. The molecule has 1 aromatic heterocycles. The van der Waals surface area contributed by atoms with Gasteiger partial charge in [0.05, 0.1) is 30.1 Å². The predicted molar refractivity (Wildman–Crippen MR) is 161 cm³/mol. The molecule has 0 N–H and O–H groups in total. The molecule has 0 fully saturated rings. The average Bonchev–Trinajstić information content (AvgIpc) is 3.22. The normalized spacial score (nSPS) is 12.6. The summed E-state index contributed by atoms with van der Waals surface area (Å²) in [4.78, 5) is 0.0557. The minimum absolute atomic E-state index is 0.0557. The van der Waals surface area contributed by atoms with Crippen molar-refractivity contribution in [2.45, 2.75) is 64.6 Å². The van der Waals surface area contributed by atoms with Crippen LogP contribution in [0, 0.1) is 13.8 Å². The fourth-order valence-corrected chi connectivity index (χ4v) is 6.59. The van der Waals surface area contributed by atoms with Crippen molar-refractivity contribution in [1.82, 2.24) is 5.16 Å². The zero-order valence-corrected chi connectivity index (χ0v) is 27.4. The highest BCUT2D eigenvalue weighted by atomic mass is 32.2. The molecular weight excluding hydrogens is 585 g/mol. The van der Waals surface area contributed by atoms with Crippen molar-refractivity contribution in [3.8, 4) is 11.1 Å². The minimum atomic E-state index is -4.19. The van der Waals surface area contributed by atoms with Crippen LogP contribution in [0.1, 0.15) is 29.3 Å². The van der Waals surface area contributed by atoms with E-state index in [-0.39, 0.29) is 30.7 Å². The number of ether oxygens (including phenoxy) is 2. The van der Waals surface area contributed by atoms with E-state index in [2.05, 4.69) is 24.8 Å². The fourth-order valence-electron chi connectivity index (χ4n) is 3.94. The van der Waals surface area contributed by atoms with Gasteiger partial charge in [0.25, 0.3) is 20.1 Å². The zero-order valence-electron chi connectivity index (χ0n) is 24.8. The van der Waals surface area contributed by atoms with Crippen LogP contribution in [-0.2, 0) is 47.0 Å². The topological polar surface area (TPSA) is 125 Å². The lowest BCUT2D eigenvalue weighted by Gasteiger charge is -2.24. The van der Waals surface area contributed by atoms with E-state index in [0.717, 1.165) is 16.6 Å². The van der Waals surface area contributed by atoms with Crippen molar-refractivity contribution in [3.63, 3.8) is 0 Å². The Labute approximate surface area is 244 Å². The van der Waals surface area contributed by atoms with Crippen LogP contribution in [0.15, 0.2) is 51.9 Å². The van der Waals surface area contributed by atoms with Crippen molar-refractivity contribution in [3.05, 3.63) is 64.8 Å². The molecule has 1 heterocycles. The molecule has 2 aromatic carbocycles. The first-order valence-electron chi connectivity index (χ1n) is 13.3. The molecule has 0 aliphatic heterocycles. The van der Waals surface area contributed by atoms with Crippen LogP contribution >= 0.6 is 0 Å². The quantitative estimate of drug-likeness (QED) is 0.0935. The average molecular weight is 625 g/mol. The van der Waals surface area contributed by atoms with E-state index in [1.54, 1.807) is 56.3 Å². The molecule has 0 spiro atoms. The number of sulfonamides is 1. The third-order valence-electron chi connectivity index (χ3n) is 6.38. The highest BCUT2D eigenvalue weighted by Crippen LogP contribution is 2.36. The molecule has 0 saturated carbocycles. The lowest BCUT2D eigenvalue weighted by Crippen LogP contribution is -2.34. The van der Waals surface area contributed by atoms with Crippen molar-refractivity contribution >= 4 is 34.1 Å². The maximum atomic E-state index is 14.3. The van der Waals surface area contributed by atoms with Crippen molar-refractivity contribution in [2.75, 3.05) is 30.5 Å². The zero-order chi connectivity index (χ0) is 30.4. The van der Waals surface area contributed by atoms with Crippen LogP contribution in [0.4, 0.5) is 5.88 Å². The third-order valence-corrected chi connectivity index (χ3v) is 10.4. The first-order chi connectivity index (χ1) is 19.1. The smallest absolute Gasteiger partial charge is 0.269 e. The number of aryl methyl sites for hydroxylation is 1. The van der Waals surface area contributed by atoms with Crippen LogP contribution in [0.2, 0.25) is 25.7 Å². The van der Waals surface area contributed by atoms with Gasteiger partial charge in [-0.05, 0) is 49.6 Å². The first-order valence-corrected chi connectivity index (χ1v) is 20.3. The van der Waals surface area contributed by atoms with Crippen molar-refractivity contribution in [1.29, 1.82) is 0 Å². The molecule has 226 valence electrons. The van der Waals surface area contributed by atoms with Crippen LogP contribution in [-0.4, -0.2) is 56.3 Å². The van der Waals surface area contributed by atoms with Gasteiger partial charge >= 0.3 is 0 Å². The molecule has 10 nitrogen and oxygen atoms in total. The molecule has 0 unspecified atom stereocenters. The summed E-state index contributed by atoms with van der Waals surface area (Å²) in [5.74, 6) is 0.105. The Balaban J connectivity index is 2.08. The Morgan fingerprint density at radius 3 is 2.27 bits per heavy atom. The molecule has 0 aliphatic rings. The second kappa shape index (κ2) is 13.6. The number of nitrogens with zero attached hydrogens (tertiary/aromatic N) is 2. The summed E-state index contributed by atoms with van der Waals surface area (Å²) in [5, 5.41) is 3.98. The lowest BCUT2D eigenvalue weighted by molar-refractivity contribution is 0.134. The Hall–Kier alpha value is -2.55. The molecule has 13 heteroatoms. The van der Waals surface area contributed by atoms with Crippen LogP contribution < -0.4 is 4.31 Å². The van der Waals surface area contributed by atoms with Gasteiger partial charge in [-0.1, -0.05) is 61.2 Å². The first kappa shape index (κ1) is 33.0. The van der Waals surface area contributed by atoms with Crippen molar-refractivity contribution < 1.29 is 35.0 Å². The Morgan fingerprint density at radius 1 is 0.951 bits per heavy atom. The highest BCUT2D eigenvalue weighted by Gasteiger charge is 2.33. The molecule has 0 atom stereocenters. The molecule has 41 heavy (non-hydrogen) atoms. The van der Waals surface area contributed by atoms with Gasteiger partial charge in [-0.2, -0.15) is 8.42 Å². The van der Waals surface area contributed by atoms with E-state index >= 15 is 0 Å². The van der Waals surface area contributed by atoms with Gasteiger partial charge in [-0.3, -0.25) is 4.18 Å². The highest BCUT2D eigenvalue weighted by molar-refractivity contribution is 7.93. The molecule has 0 saturated heterocycles. The summed E-state index contributed by atoms with van der Waals surface area (Å²) < 4.78 is 74.9. The van der Waals surface area contributed by atoms with Gasteiger partial charge in [0.2, 0.25) is 5.88 Å². The van der Waals surface area contributed by atoms with Gasteiger partial charge in [-0.25, -0.2) is 12.7 Å². The van der Waals surface area contributed by atoms with E-state index in [1.807, 2.05) is 6.92 Å². The lowest BCUT2D eigenvalue weighted by atomic mass is 9.98. The molecule has 0 amide bonds. The summed E-state index contributed by atoms with van der Waals surface area (Å²) in [7, 11) is -9.23. The van der Waals surface area contributed by atoms with E-state index in [0.29, 0.717) is 46.7 Å². The maximum absolute atomic E-state index is 14.3. The molecule has 3 aromatic rings. The van der Waals surface area contributed by atoms with Gasteiger partial charge in [0.1, 0.15) is 6.73 Å². The number of benzene rings is 2. The van der Waals surface area contributed by atoms with Gasteiger partial charge in [-0.15, -0.1) is 0 Å². The van der Waals surface area contributed by atoms with Crippen LogP contribution in [0.5, 0.6) is 0 Å². The SMILES string of the molecule is CCOCc1cc(COS(C)(=O)=O)ccc1-c1ccccc1S(=O)(=O)N(COCC[Si](C)(C)C)c1onc(C)c1C. The Kier molecular flexibility index (Phi) is 10.9. The van der Waals surface area contributed by atoms with E-state index < -0.39 is 28.2 Å². The second-order valence-corrected chi connectivity index (χ2v) is 20.1. The number of rotatable bonds is 15. The molecule has 0 radical (unpaired) electrons. The monoisotopic (exact) mass is 624 g/mol. The number of hydrogen-bond acceptors (Lipinski definition) is 9. The number of aromatic nitrogens is 1. The van der Waals surface area contributed by atoms with Crippen LogP contribution in [0.3, 0.4) is 0 Å².